The van der Waals surface area contributed by atoms with E-state index in [9.17, 15) is 9.90 Å². The van der Waals surface area contributed by atoms with Gasteiger partial charge >= 0.3 is 0 Å². The van der Waals surface area contributed by atoms with Gasteiger partial charge in [0.25, 0.3) is 5.56 Å². The first kappa shape index (κ1) is 15.0. The molecule has 0 saturated carbocycles. The van der Waals surface area contributed by atoms with Crippen LogP contribution in [0.3, 0.4) is 0 Å². The van der Waals surface area contributed by atoms with Gasteiger partial charge in [-0.25, -0.2) is 4.98 Å². The Kier molecular flexibility index (Phi) is 3.69. The zero-order valence-electron chi connectivity index (χ0n) is 13.1. The van der Waals surface area contributed by atoms with E-state index in [0.717, 1.165) is 5.56 Å². The summed E-state index contributed by atoms with van der Waals surface area (Å²) in [5.74, 6) is 0.358. The minimum absolute atomic E-state index is 0.0160. The molecule has 23 heavy (non-hydrogen) atoms. The molecule has 0 aliphatic heterocycles. The Hall–Kier alpha value is -2.96. The van der Waals surface area contributed by atoms with Crippen LogP contribution in [0.1, 0.15) is 25.3 Å². The fourth-order valence-electron chi connectivity index (χ4n) is 2.44. The van der Waals surface area contributed by atoms with Crippen LogP contribution in [0.4, 0.5) is 11.6 Å². The molecule has 0 amide bonds. The lowest BCUT2D eigenvalue weighted by Crippen LogP contribution is -2.10. The maximum atomic E-state index is 12.3. The van der Waals surface area contributed by atoms with Crippen molar-refractivity contribution >= 4 is 22.7 Å². The van der Waals surface area contributed by atoms with E-state index >= 15 is 0 Å². The number of benzene rings is 1. The molecule has 2 N–H and O–H groups in total. The summed E-state index contributed by atoms with van der Waals surface area (Å²) in [6.07, 6.45) is 1.90. The highest BCUT2D eigenvalue weighted by atomic mass is 16.3. The van der Waals surface area contributed by atoms with Crippen LogP contribution in [0.5, 0.6) is 5.75 Å². The third-order valence-corrected chi connectivity index (χ3v) is 3.60. The molecule has 0 radical (unpaired) electrons. The van der Waals surface area contributed by atoms with Crippen molar-refractivity contribution < 1.29 is 5.11 Å². The second-order valence-corrected chi connectivity index (χ2v) is 5.63. The molecule has 0 unspecified atom stereocenters. The van der Waals surface area contributed by atoms with Gasteiger partial charge in [-0.05, 0) is 23.6 Å². The largest absolute Gasteiger partial charge is 0.506 e. The van der Waals surface area contributed by atoms with Crippen LogP contribution in [0.2, 0.25) is 0 Å². The highest BCUT2D eigenvalue weighted by Gasteiger charge is 2.15. The smallest absolute Gasteiger partial charge is 0.276 e. The Morgan fingerprint density at radius 2 is 2.00 bits per heavy atom. The molecule has 0 fully saturated rings. The van der Waals surface area contributed by atoms with Gasteiger partial charge in [0, 0.05) is 13.2 Å². The first-order valence-electron chi connectivity index (χ1n) is 7.26. The number of hydrogen-bond donors (Lipinski definition) is 2. The van der Waals surface area contributed by atoms with Crippen molar-refractivity contribution in [2.24, 2.45) is 17.3 Å². The molecule has 3 rings (SSSR count). The summed E-state index contributed by atoms with van der Waals surface area (Å²) in [5, 5.41) is 17.6. The first-order chi connectivity index (χ1) is 11.0. The second kappa shape index (κ2) is 5.68. The summed E-state index contributed by atoms with van der Waals surface area (Å²) in [4.78, 5) is 19.3. The SMILES string of the molecule is CC(C)c1cn(C)c2c(=O)[nH]c(/N=N/c3ccccc3O)nc12. The number of H-pyrrole nitrogens is 1. The van der Waals surface area contributed by atoms with Crippen molar-refractivity contribution in [3.05, 3.63) is 46.4 Å². The zero-order valence-corrected chi connectivity index (χ0v) is 13.1. The Labute approximate surface area is 132 Å². The van der Waals surface area contributed by atoms with Crippen LogP contribution < -0.4 is 5.56 Å². The highest BCUT2D eigenvalue weighted by Crippen LogP contribution is 2.27. The van der Waals surface area contributed by atoms with Crippen molar-refractivity contribution in [1.29, 1.82) is 0 Å². The quantitative estimate of drug-likeness (QED) is 0.724. The number of aromatic nitrogens is 3. The monoisotopic (exact) mass is 311 g/mol. The number of aryl methyl sites for hydroxylation is 1. The Balaban J connectivity index is 2.11. The van der Waals surface area contributed by atoms with E-state index in [0.29, 0.717) is 16.7 Å². The predicted octanol–water partition coefficient (Wildman–Crippen LogP) is 3.51. The number of hydrogen-bond acceptors (Lipinski definition) is 5. The predicted molar refractivity (Wildman–Crippen MR) is 87.7 cm³/mol. The van der Waals surface area contributed by atoms with Crippen LogP contribution in [-0.2, 0) is 7.05 Å². The van der Waals surface area contributed by atoms with Crippen molar-refractivity contribution in [1.82, 2.24) is 14.5 Å². The molecule has 1 aromatic carbocycles. The molecule has 2 aromatic heterocycles. The fourth-order valence-corrected chi connectivity index (χ4v) is 2.44. The van der Waals surface area contributed by atoms with Crippen molar-refractivity contribution in [3.8, 4) is 5.75 Å². The second-order valence-electron chi connectivity index (χ2n) is 5.63. The number of aromatic hydroxyl groups is 1. The maximum absolute atomic E-state index is 12.3. The molecule has 3 aromatic rings. The fraction of sp³-hybridized carbons (Fsp3) is 0.250. The molecule has 0 spiro atoms. The lowest BCUT2D eigenvalue weighted by Gasteiger charge is -2.01. The molecular weight excluding hydrogens is 294 g/mol. The minimum Gasteiger partial charge on any atom is -0.506 e. The van der Waals surface area contributed by atoms with Gasteiger partial charge in [-0.1, -0.05) is 26.0 Å². The Morgan fingerprint density at radius 1 is 1.26 bits per heavy atom. The molecule has 118 valence electrons. The lowest BCUT2D eigenvalue weighted by molar-refractivity contribution is 0.476. The summed E-state index contributed by atoms with van der Waals surface area (Å²) < 4.78 is 1.76. The third-order valence-electron chi connectivity index (χ3n) is 3.60. The molecule has 0 bridgehead atoms. The van der Waals surface area contributed by atoms with Crippen LogP contribution in [0.15, 0.2) is 45.5 Å². The molecule has 0 aliphatic carbocycles. The average molecular weight is 311 g/mol. The van der Waals surface area contributed by atoms with Gasteiger partial charge in [-0.2, -0.15) is 0 Å². The van der Waals surface area contributed by atoms with Gasteiger partial charge in [-0.15, -0.1) is 10.2 Å². The zero-order chi connectivity index (χ0) is 16.6. The first-order valence-corrected chi connectivity index (χ1v) is 7.26. The lowest BCUT2D eigenvalue weighted by atomic mass is 10.1. The minimum atomic E-state index is -0.268. The normalized spacial score (nSPS) is 11.8. The maximum Gasteiger partial charge on any atom is 0.276 e. The number of azo groups is 1. The number of aromatic amines is 1. The average Bonchev–Trinajstić information content (AvgIpc) is 2.84. The third kappa shape index (κ3) is 2.73. The van der Waals surface area contributed by atoms with Crippen molar-refractivity contribution in [2.75, 3.05) is 0 Å². The van der Waals surface area contributed by atoms with E-state index in [1.807, 2.05) is 27.1 Å². The Morgan fingerprint density at radius 3 is 2.70 bits per heavy atom. The van der Waals surface area contributed by atoms with Crippen molar-refractivity contribution in [2.45, 2.75) is 19.8 Å². The summed E-state index contributed by atoms with van der Waals surface area (Å²) in [5.41, 5.74) is 2.16. The summed E-state index contributed by atoms with van der Waals surface area (Å²) in [6.45, 7) is 4.09. The molecule has 0 aliphatic rings. The van der Waals surface area contributed by atoms with Crippen LogP contribution >= 0.6 is 0 Å². The standard InChI is InChI=1S/C16H17N5O2/c1-9(2)10-8-21(3)14-13(10)17-16(18-15(14)23)20-19-11-6-4-5-7-12(11)22/h4-9,22H,1-3H3,(H,17,18,23)/b20-19+. The van der Waals surface area contributed by atoms with E-state index < -0.39 is 0 Å². The summed E-state index contributed by atoms with van der Waals surface area (Å²) in [7, 11) is 1.81. The van der Waals surface area contributed by atoms with E-state index in [1.165, 1.54) is 6.07 Å². The number of rotatable bonds is 3. The number of nitrogens with zero attached hydrogens (tertiary/aromatic N) is 4. The van der Waals surface area contributed by atoms with E-state index in [-0.39, 0.29) is 23.2 Å². The van der Waals surface area contributed by atoms with Crippen molar-refractivity contribution in [3.63, 3.8) is 0 Å². The number of fused-ring (bicyclic) bond motifs is 1. The van der Waals surface area contributed by atoms with Gasteiger partial charge in [0.15, 0.2) is 0 Å². The molecular formula is C16H17N5O2. The number of phenolic OH excluding ortho intramolecular Hbond substituents is 1. The highest BCUT2D eigenvalue weighted by molar-refractivity contribution is 5.80. The molecule has 0 atom stereocenters. The van der Waals surface area contributed by atoms with E-state index in [1.54, 1.807) is 22.8 Å². The number of para-hydroxylation sites is 1. The molecule has 0 saturated heterocycles. The van der Waals surface area contributed by atoms with Gasteiger partial charge in [0.2, 0.25) is 5.95 Å². The van der Waals surface area contributed by atoms with Gasteiger partial charge in [0.1, 0.15) is 22.5 Å². The van der Waals surface area contributed by atoms with Crippen LogP contribution in [0, 0.1) is 0 Å². The molecule has 7 nitrogen and oxygen atoms in total. The molecule has 7 heteroatoms. The molecule has 2 heterocycles. The van der Waals surface area contributed by atoms with Gasteiger partial charge < -0.3 is 9.67 Å². The summed E-state index contributed by atoms with van der Waals surface area (Å²) in [6, 6.07) is 6.57. The number of nitrogens with one attached hydrogen (secondary N) is 1. The van der Waals surface area contributed by atoms with Crippen LogP contribution in [-0.4, -0.2) is 19.6 Å². The topological polar surface area (TPSA) is 95.6 Å². The number of phenols is 1. The van der Waals surface area contributed by atoms with Gasteiger partial charge in [0.05, 0.1) is 0 Å². The summed E-state index contributed by atoms with van der Waals surface area (Å²) >= 11 is 0. The van der Waals surface area contributed by atoms with E-state index in [4.69, 9.17) is 0 Å². The Bertz CT molecular complexity index is 953. The van der Waals surface area contributed by atoms with E-state index in [2.05, 4.69) is 20.2 Å². The van der Waals surface area contributed by atoms with Crippen LogP contribution in [0.25, 0.3) is 11.0 Å². The van der Waals surface area contributed by atoms with Gasteiger partial charge in [-0.3, -0.25) is 9.78 Å².